The van der Waals surface area contributed by atoms with E-state index in [0.717, 1.165) is 19.2 Å². The lowest BCUT2D eigenvalue weighted by Crippen LogP contribution is -2.54. The number of rotatable bonds is 20. The molecule has 0 radical (unpaired) electrons. The highest BCUT2D eigenvalue weighted by Crippen LogP contribution is 2.42. The van der Waals surface area contributed by atoms with Gasteiger partial charge in [0.1, 0.15) is 24.7 Å². The Bertz CT molecular complexity index is 1770. The van der Waals surface area contributed by atoms with Gasteiger partial charge in [-0.3, -0.25) is 29.8 Å². The second-order valence-corrected chi connectivity index (χ2v) is 11.4. The molecule has 0 aliphatic carbocycles. The fourth-order valence-electron chi connectivity index (χ4n) is 5.46. The van der Waals surface area contributed by atoms with Crippen molar-refractivity contribution in [3.8, 4) is 11.5 Å². The maximum absolute atomic E-state index is 13.3. The van der Waals surface area contributed by atoms with Gasteiger partial charge in [-0.2, -0.15) is 0 Å². The molecule has 0 saturated carbocycles. The molecule has 1 amide bonds. The number of non-ortho nitro benzene ring substituents is 1. The predicted molar refractivity (Wildman–Crippen MR) is 179 cm³/mol. The van der Waals surface area contributed by atoms with Gasteiger partial charge >= 0.3 is 36.1 Å². The molecule has 4 N–H and O–H groups in total. The lowest BCUT2D eigenvalue weighted by atomic mass is 9.71. The zero-order valence-electron chi connectivity index (χ0n) is 28.8. The van der Waals surface area contributed by atoms with Crippen molar-refractivity contribution in [2.45, 2.75) is 38.3 Å². The molecular weight excluding hydrogens is 742 g/mol. The van der Waals surface area contributed by atoms with Crippen LogP contribution >= 0.6 is 0 Å². The SMILES string of the molecule is COC(=O)[C@H]1O[C@@H](OC(=O)Nc2ccc(COC(=O)Oc3ccc([N+](=O)[O-])cc3)cc2OCCOCCN=[N+]=[N-])[C@H](CC(=O)O)[C@@H](CC(=O)O)[C@@H]1CC(=O)O. The normalized spacial score (nSPS) is 18.7. The first-order valence-electron chi connectivity index (χ1n) is 16.0. The van der Waals surface area contributed by atoms with Crippen LogP contribution in [0.25, 0.3) is 10.4 Å². The fraction of sp³-hybridized carbons (Fsp3) is 0.438. The Balaban J connectivity index is 1.82. The summed E-state index contributed by atoms with van der Waals surface area (Å²) in [6, 6.07) is 8.69. The maximum atomic E-state index is 13.3. The largest absolute Gasteiger partial charge is 0.514 e. The number of esters is 1. The summed E-state index contributed by atoms with van der Waals surface area (Å²) < 4.78 is 36.9. The summed E-state index contributed by atoms with van der Waals surface area (Å²) in [6.07, 6.45) is -8.52. The van der Waals surface area contributed by atoms with E-state index < -0.39 is 90.5 Å². The van der Waals surface area contributed by atoms with Crippen LogP contribution in [0, 0.1) is 27.9 Å². The molecule has 23 heteroatoms. The summed E-state index contributed by atoms with van der Waals surface area (Å²) in [5.41, 5.74) is 8.41. The summed E-state index contributed by atoms with van der Waals surface area (Å²) in [6.45, 7) is -0.416. The van der Waals surface area contributed by atoms with Gasteiger partial charge in [-0.05, 0) is 41.3 Å². The van der Waals surface area contributed by atoms with Gasteiger partial charge in [-0.1, -0.05) is 11.2 Å². The number of hydrogen-bond donors (Lipinski definition) is 4. The Morgan fingerprint density at radius 3 is 2.20 bits per heavy atom. The number of methoxy groups -OCH3 is 1. The number of aliphatic carboxylic acids is 3. The molecule has 3 rings (SSSR count). The lowest BCUT2D eigenvalue weighted by molar-refractivity contribution is -0.384. The first kappa shape index (κ1) is 42.7. The number of anilines is 1. The highest BCUT2D eigenvalue weighted by atomic mass is 16.7. The molecule has 1 aliphatic heterocycles. The second kappa shape index (κ2) is 21.1. The summed E-state index contributed by atoms with van der Waals surface area (Å²) in [7, 11) is 0.963. The number of benzene rings is 2. The van der Waals surface area contributed by atoms with Crippen molar-refractivity contribution < 1.29 is 82.2 Å². The molecule has 2 aromatic carbocycles. The van der Waals surface area contributed by atoms with E-state index in [4.69, 9.17) is 38.7 Å². The van der Waals surface area contributed by atoms with E-state index in [1.807, 2.05) is 0 Å². The van der Waals surface area contributed by atoms with E-state index in [2.05, 4.69) is 15.3 Å². The topological polar surface area (TPSA) is 332 Å². The molecule has 2 aromatic rings. The van der Waals surface area contributed by atoms with Crippen LogP contribution in [0.3, 0.4) is 0 Å². The van der Waals surface area contributed by atoms with Crippen molar-refractivity contribution in [2.75, 3.05) is 38.8 Å². The number of nitro groups is 1. The molecule has 1 heterocycles. The van der Waals surface area contributed by atoms with Crippen LogP contribution in [-0.4, -0.2) is 102 Å². The summed E-state index contributed by atoms with van der Waals surface area (Å²) in [5, 5.41) is 45.3. The van der Waals surface area contributed by atoms with E-state index in [0.29, 0.717) is 5.56 Å². The minimum absolute atomic E-state index is 0.0166. The molecule has 5 atom stereocenters. The molecule has 0 unspecified atom stereocenters. The van der Waals surface area contributed by atoms with Crippen LogP contribution in [0.2, 0.25) is 0 Å². The van der Waals surface area contributed by atoms with Gasteiger partial charge in [0.05, 0.1) is 43.8 Å². The number of nitrogens with zero attached hydrogens (tertiary/aromatic N) is 4. The highest BCUT2D eigenvalue weighted by molar-refractivity contribution is 5.87. The third-order valence-corrected chi connectivity index (χ3v) is 7.78. The van der Waals surface area contributed by atoms with Crippen molar-refractivity contribution in [1.82, 2.24) is 0 Å². The van der Waals surface area contributed by atoms with Crippen LogP contribution in [-0.2, 0) is 49.5 Å². The number of ether oxygens (including phenoxy) is 7. The predicted octanol–water partition coefficient (Wildman–Crippen LogP) is 3.74. The summed E-state index contributed by atoms with van der Waals surface area (Å²) in [4.78, 5) is 86.4. The number of carboxylic acids is 3. The van der Waals surface area contributed by atoms with E-state index in [-0.39, 0.29) is 55.8 Å². The van der Waals surface area contributed by atoms with Crippen molar-refractivity contribution >= 4 is 47.5 Å². The monoisotopic (exact) mass is 777 g/mol. The van der Waals surface area contributed by atoms with E-state index >= 15 is 0 Å². The smallest absolute Gasteiger partial charge is 0.489 e. The highest BCUT2D eigenvalue weighted by Gasteiger charge is 2.52. The third-order valence-electron chi connectivity index (χ3n) is 7.78. The molecule has 0 bridgehead atoms. The zero-order chi connectivity index (χ0) is 40.5. The zero-order valence-corrected chi connectivity index (χ0v) is 28.8. The van der Waals surface area contributed by atoms with Crippen LogP contribution in [0.1, 0.15) is 24.8 Å². The summed E-state index contributed by atoms with van der Waals surface area (Å²) >= 11 is 0. The van der Waals surface area contributed by atoms with Gasteiger partial charge in [0.25, 0.3) is 5.69 Å². The van der Waals surface area contributed by atoms with Crippen LogP contribution < -0.4 is 14.8 Å². The van der Waals surface area contributed by atoms with Gasteiger partial charge in [-0.25, -0.2) is 14.4 Å². The average molecular weight is 778 g/mol. The lowest BCUT2D eigenvalue weighted by Gasteiger charge is -2.44. The number of carbonyl (C=O) groups is 6. The summed E-state index contributed by atoms with van der Waals surface area (Å²) in [5.74, 6) is -9.68. The van der Waals surface area contributed by atoms with Gasteiger partial charge < -0.3 is 48.5 Å². The van der Waals surface area contributed by atoms with E-state index in [1.54, 1.807) is 0 Å². The third kappa shape index (κ3) is 13.7. The van der Waals surface area contributed by atoms with Crippen LogP contribution in [0.5, 0.6) is 11.5 Å². The Hall–Kier alpha value is -6.71. The maximum Gasteiger partial charge on any atom is 0.514 e. The number of hydrogen-bond acceptors (Lipinski definition) is 16. The molecular formula is C32H35N5O18. The standard InChI is InChI=1S/C32H35N5O18/c1-49-29(44)28-21(14-26(40)41)20(13-25(38)39)22(15-27(42)43)30(54-28)55-31(45)35-23-7-2-17(12-24(23)51-11-10-50-9-8-34-36-33)16-52-32(46)53-19-5-3-18(4-6-19)37(47)48/h2-7,12,20-22,28,30H,8-11,13-16H2,1H3,(H,35,45)(H,38,39)(H,40,41)(H,42,43)/t20-,21-,22+,28-,30-/m0/s1. The van der Waals surface area contributed by atoms with Crippen molar-refractivity contribution in [3.63, 3.8) is 0 Å². The fourth-order valence-corrected chi connectivity index (χ4v) is 5.46. The Kier molecular flexibility index (Phi) is 16.4. The van der Waals surface area contributed by atoms with Crippen molar-refractivity contribution in [3.05, 3.63) is 68.6 Å². The van der Waals surface area contributed by atoms with Gasteiger partial charge in [0.2, 0.25) is 6.29 Å². The first-order valence-corrected chi connectivity index (χ1v) is 16.0. The van der Waals surface area contributed by atoms with E-state index in [9.17, 15) is 54.2 Å². The molecule has 1 aliphatic rings. The second-order valence-electron chi connectivity index (χ2n) is 11.4. The molecule has 0 aromatic heterocycles. The molecule has 296 valence electrons. The number of carboxylic acid groups (broad SMARTS) is 3. The average Bonchev–Trinajstić information content (AvgIpc) is 3.12. The van der Waals surface area contributed by atoms with Crippen LogP contribution in [0.4, 0.5) is 21.0 Å². The van der Waals surface area contributed by atoms with Gasteiger partial charge in [0.15, 0.2) is 6.10 Å². The Labute approximate surface area is 309 Å². The number of nitro benzene ring substituents is 1. The number of amides is 1. The van der Waals surface area contributed by atoms with Crippen molar-refractivity contribution in [2.24, 2.45) is 22.9 Å². The van der Waals surface area contributed by atoms with Crippen molar-refractivity contribution in [1.29, 1.82) is 0 Å². The molecule has 1 saturated heterocycles. The van der Waals surface area contributed by atoms with E-state index in [1.165, 1.54) is 30.3 Å². The first-order chi connectivity index (χ1) is 26.2. The minimum atomic E-state index is -1.88. The minimum Gasteiger partial charge on any atom is -0.489 e. The van der Waals surface area contributed by atoms with Crippen LogP contribution in [0.15, 0.2) is 47.6 Å². The Morgan fingerprint density at radius 2 is 1.58 bits per heavy atom. The van der Waals surface area contributed by atoms with Gasteiger partial charge in [-0.15, -0.1) is 0 Å². The quantitative estimate of drug-likeness (QED) is 0.0171. The number of nitrogens with one attached hydrogen (secondary N) is 1. The number of azide groups is 1. The molecule has 55 heavy (non-hydrogen) atoms. The number of carbonyl (C=O) groups excluding carboxylic acids is 3. The van der Waals surface area contributed by atoms with Gasteiger partial charge in [0, 0.05) is 41.8 Å². The molecule has 0 spiro atoms. The molecule has 1 fully saturated rings. The Morgan fingerprint density at radius 1 is 0.927 bits per heavy atom. The molecule has 23 nitrogen and oxygen atoms in total.